The number of aliphatic imine (C=N–C) groups is 1. The summed E-state index contributed by atoms with van der Waals surface area (Å²) in [6.45, 7) is 3.24. The number of benzene rings is 5. The second-order valence-electron chi connectivity index (χ2n) is 19.2. The number of nitrogens with zero attached hydrogens (tertiary/aromatic N) is 3. The summed E-state index contributed by atoms with van der Waals surface area (Å²) in [5.74, 6) is 8.28. The third kappa shape index (κ3) is 10.5. The Labute approximate surface area is 425 Å². The van der Waals surface area contributed by atoms with Gasteiger partial charge >= 0.3 is 5.78 Å². The number of ketones is 1. The van der Waals surface area contributed by atoms with Gasteiger partial charge in [0.15, 0.2) is 23.0 Å². The molecule has 0 saturated carbocycles. The first-order chi connectivity index (χ1) is 35.6. The third-order valence-electron chi connectivity index (χ3n) is 14.2. The zero-order valence-corrected chi connectivity index (χ0v) is 41.1. The second kappa shape index (κ2) is 21.6. The molecular formula is C59H62N6O8. The number of methoxy groups -OCH3 is 1. The van der Waals surface area contributed by atoms with Gasteiger partial charge in [-0.3, -0.25) is 4.79 Å². The zero-order valence-electron chi connectivity index (χ0n) is 41.1. The van der Waals surface area contributed by atoms with E-state index in [-0.39, 0.29) is 79.5 Å². The zero-order chi connectivity index (χ0) is 50.6. The van der Waals surface area contributed by atoms with Crippen LogP contribution in [0.3, 0.4) is 0 Å². The topological polar surface area (TPSA) is 213 Å². The molecule has 6 aromatic rings. The number of hydrogen-bond donors (Lipinski definition) is 6. The summed E-state index contributed by atoms with van der Waals surface area (Å²) in [6.07, 6.45) is 4.40. The number of nitrogens with two attached hydrogens (primary N) is 2. The van der Waals surface area contributed by atoms with Gasteiger partial charge in [0.2, 0.25) is 5.75 Å². The molecule has 0 amide bonds. The van der Waals surface area contributed by atoms with Crippen molar-refractivity contribution in [2.45, 2.75) is 75.7 Å². The first-order valence-corrected chi connectivity index (χ1v) is 25.1. The molecule has 73 heavy (non-hydrogen) atoms. The Hall–Kier alpha value is -7.70. The fraction of sp³-hybridized carbons (Fsp3) is 0.322. The fourth-order valence-electron chi connectivity index (χ4n) is 10.5. The molecule has 5 aliphatic rings. The number of aliphatic hydroxyl groups is 2. The van der Waals surface area contributed by atoms with Crippen LogP contribution >= 0.6 is 0 Å². The SMILES string of the molecule is CCc1cc2c([n-]1)N1CCN[C@H]3C#C[C@H](Cc4cccc-2c4)c2c(c(OC)c(OCC[C@@H](O)/C=C/c4ccccc4)c4c2OC(c2ccc(O)cc2)CC4=[OH+])OC[C@H](CO)Cc2ccc(cc2N=C(N)N)C[C@H]31. The molecule has 1 aromatic heterocycles. The van der Waals surface area contributed by atoms with E-state index in [4.69, 9.17) is 35.4 Å². The van der Waals surface area contributed by atoms with Crippen molar-refractivity contribution in [2.24, 2.45) is 22.4 Å². The van der Waals surface area contributed by atoms with Crippen LogP contribution in [0.5, 0.6) is 28.7 Å². The van der Waals surface area contributed by atoms with E-state index in [1.165, 1.54) is 7.11 Å². The minimum Gasteiger partial charge on any atom is -0.508 e. The molecule has 0 spiro atoms. The molecule has 9 N–H and O–H groups in total. The molecule has 6 atom stereocenters. The molecular weight excluding hydrogens is 921 g/mol. The Balaban J connectivity index is 1.20. The van der Waals surface area contributed by atoms with Crippen molar-refractivity contribution < 1.29 is 39.1 Å². The molecule has 0 aliphatic carbocycles. The van der Waals surface area contributed by atoms with Crippen LogP contribution in [0, 0.1) is 17.8 Å². The number of aromatic nitrogens is 1. The van der Waals surface area contributed by atoms with E-state index >= 15 is 0 Å². The summed E-state index contributed by atoms with van der Waals surface area (Å²) in [7, 11) is 1.53. The number of nitrogens with one attached hydrogen (secondary N) is 1. The van der Waals surface area contributed by atoms with Gasteiger partial charge in [0, 0.05) is 18.9 Å². The highest BCUT2D eigenvalue weighted by Crippen LogP contribution is 2.56. The maximum atomic E-state index is 12.5. The number of ether oxygens (including phenoxy) is 4. The Kier molecular flexibility index (Phi) is 14.4. The first-order valence-electron chi connectivity index (χ1n) is 25.1. The number of aromatic hydroxyl groups is 1. The lowest BCUT2D eigenvalue weighted by atomic mass is 9.84. The average Bonchev–Trinajstić information content (AvgIpc) is 3.83. The van der Waals surface area contributed by atoms with Crippen molar-refractivity contribution in [3.8, 4) is 51.7 Å². The molecule has 14 heteroatoms. The molecule has 11 rings (SSSR count). The predicted molar refractivity (Wildman–Crippen MR) is 284 cm³/mol. The van der Waals surface area contributed by atoms with Gasteiger partial charge in [0.1, 0.15) is 24.0 Å². The summed E-state index contributed by atoms with van der Waals surface area (Å²) in [6, 6.07) is 32.7. The van der Waals surface area contributed by atoms with Crippen LogP contribution in [0.2, 0.25) is 0 Å². The van der Waals surface area contributed by atoms with Gasteiger partial charge in [-0.25, -0.2) is 4.99 Å². The summed E-state index contributed by atoms with van der Waals surface area (Å²) < 4.78 is 27.3. The second-order valence-corrected chi connectivity index (χ2v) is 19.2. The Morgan fingerprint density at radius 2 is 1.78 bits per heavy atom. The Morgan fingerprint density at radius 3 is 2.56 bits per heavy atom. The number of hydrogen-bond acceptors (Lipinski definition) is 10. The number of phenols is 1. The minimum absolute atomic E-state index is 0.00452. The summed E-state index contributed by atoms with van der Waals surface area (Å²) in [5, 5.41) is 36.3. The number of phenolic OH excluding ortho intramolecular Hbond substituents is 1. The van der Waals surface area contributed by atoms with Gasteiger partial charge in [-0.15, -0.1) is 0 Å². The number of guanidine groups is 1. The molecule has 0 radical (unpaired) electrons. The lowest BCUT2D eigenvalue weighted by Gasteiger charge is -2.48. The maximum absolute atomic E-state index is 12.5. The quantitative estimate of drug-likeness (QED) is 0.0335. The normalized spacial score (nSPS) is 20.5. The van der Waals surface area contributed by atoms with Crippen LogP contribution in [0.4, 0.5) is 11.5 Å². The number of rotatable bonds is 11. The van der Waals surface area contributed by atoms with Gasteiger partial charge in [-0.05, 0) is 102 Å². The molecule has 1 saturated heterocycles. The van der Waals surface area contributed by atoms with Crippen molar-refractivity contribution in [2.75, 3.05) is 44.9 Å². The van der Waals surface area contributed by atoms with Gasteiger partial charge in [-0.1, -0.05) is 127 Å². The van der Waals surface area contributed by atoms with E-state index in [1.54, 1.807) is 30.3 Å². The van der Waals surface area contributed by atoms with Crippen LogP contribution < -0.4 is 45.6 Å². The number of aliphatic hydroxyl groups excluding tert-OH is 2. The van der Waals surface area contributed by atoms with Gasteiger partial charge in [-0.2, -0.15) is 0 Å². The summed E-state index contributed by atoms with van der Waals surface area (Å²) in [4.78, 5) is 24.8. The van der Waals surface area contributed by atoms with Crippen molar-refractivity contribution >= 4 is 29.3 Å². The third-order valence-corrected chi connectivity index (χ3v) is 14.2. The monoisotopic (exact) mass is 982 g/mol. The van der Waals surface area contributed by atoms with Crippen LogP contribution in [0.25, 0.3) is 17.2 Å². The largest absolute Gasteiger partial charge is 0.508 e. The number of carbonyl (C=O) groups excluding carboxylic acids is 1. The summed E-state index contributed by atoms with van der Waals surface area (Å²) >= 11 is 0. The highest BCUT2D eigenvalue weighted by Gasteiger charge is 2.43. The van der Waals surface area contributed by atoms with Crippen molar-refractivity contribution in [1.82, 2.24) is 10.3 Å². The van der Waals surface area contributed by atoms with Crippen molar-refractivity contribution in [1.29, 1.82) is 0 Å². The van der Waals surface area contributed by atoms with E-state index < -0.39 is 24.0 Å². The highest BCUT2D eigenvalue weighted by molar-refractivity contribution is 6.05. The van der Waals surface area contributed by atoms with Gasteiger partial charge in [0.05, 0.1) is 49.6 Å². The van der Waals surface area contributed by atoms with Crippen LogP contribution in [-0.4, -0.2) is 90.1 Å². The van der Waals surface area contributed by atoms with Crippen molar-refractivity contribution in [3.05, 3.63) is 154 Å². The van der Waals surface area contributed by atoms with Crippen LogP contribution in [0.1, 0.15) is 76.4 Å². The number of piperazine rings is 1. The van der Waals surface area contributed by atoms with Crippen molar-refractivity contribution in [3.63, 3.8) is 0 Å². The van der Waals surface area contributed by atoms with Crippen LogP contribution in [0.15, 0.2) is 114 Å². The summed E-state index contributed by atoms with van der Waals surface area (Å²) in [5.41, 5.74) is 21.1. The number of anilines is 1. The Bertz CT molecular complexity index is 3100. The van der Waals surface area contributed by atoms with E-state index in [1.807, 2.05) is 48.5 Å². The lowest BCUT2D eigenvalue weighted by molar-refractivity contribution is 0.153. The predicted octanol–water partition coefficient (Wildman–Crippen LogP) is 7.03. The minimum atomic E-state index is -0.857. The van der Waals surface area contributed by atoms with Crippen LogP contribution in [-0.2, 0) is 25.7 Å². The average molecular weight is 983 g/mol. The Morgan fingerprint density at radius 1 is 0.959 bits per heavy atom. The van der Waals surface area contributed by atoms with E-state index in [0.717, 1.165) is 56.9 Å². The lowest BCUT2D eigenvalue weighted by Crippen LogP contribution is -2.59. The number of aryl methyl sites for hydroxylation is 1. The van der Waals surface area contributed by atoms with E-state index in [9.17, 15) is 20.1 Å². The highest BCUT2D eigenvalue weighted by atomic mass is 16.5. The van der Waals surface area contributed by atoms with E-state index in [0.29, 0.717) is 54.9 Å². The molecule has 1 fully saturated rings. The first kappa shape index (κ1) is 48.9. The molecule has 6 heterocycles. The fourth-order valence-corrected chi connectivity index (χ4v) is 10.5. The molecule has 5 aromatic carbocycles. The molecule has 14 nitrogen and oxygen atoms in total. The molecule has 1 unspecified atom stereocenters. The van der Waals surface area contributed by atoms with Gasteiger partial charge < -0.3 is 60.9 Å². The van der Waals surface area contributed by atoms with Gasteiger partial charge in [0.25, 0.3) is 0 Å². The number of fused-ring (bicyclic) bond motifs is 11. The van der Waals surface area contributed by atoms with E-state index in [2.05, 4.69) is 70.4 Å². The molecule has 376 valence electrons. The molecule has 5 aliphatic heterocycles. The standard InChI is InChI=1S/C59H61N6O8/c1-3-43-31-46-40-11-7-10-36(26-40)27-42-17-21-47-49(65(24-23-62-47)58(46)63-43)30-37-12-14-41(48(29-37)64-59(60)61)28-38(33-66)34-72-55-52(42)54-53(50(69)32-51(73-54)39-15-19-44(67)20-16-39)56(57(55)70-2)71-25-22-45(68)18-13-35-8-5-4-6-9-35/h4-16,18-20,26,29,31,38,42,45,47,49,51,62,66-68H,3,22-25,27-28,30,32-34H2,1-2H3,(H4,60,61,64)/q-1/p+1/b18-13+/t38-,42+,45-,47-,49+,51?/m0/s1. The maximum Gasteiger partial charge on any atom is 0.335 e. The smallest absolute Gasteiger partial charge is 0.335 e. The molecule has 8 bridgehead atoms.